The third-order valence-corrected chi connectivity index (χ3v) is 5.34. The van der Waals surface area contributed by atoms with Crippen LogP contribution in [0, 0.1) is 5.41 Å². The number of nitrogens with zero attached hydrogens (tertiary/aromatic N) is 5. The van der Waals surface area contributed by atoms with Crippen molar-refractivity contribution in [3.63, 3.8) is 0 Å². The SMILES string of the molecule is CCN1C[C@@]2(CC1=O)CN(Cc1cccnc1)CCN(C(=O)N(C)C)C2. The molecule has 26 heavy (non-hydrogen) atoms. The van der Waals surface area contributed by atoms with E-state index in [0.29, 0.717) is 19.5 Å². The van der Waals surface area contributed by atoms with Gasteiger partial charge in [-0.2, -0.15) is 0 Å². The standard InChI is InChI=1S/C19H29N5O2/c1-4-23-14-19(10-17(23)25)13-22(12-16-6-5-7-20-11-16)8-9-24(15-19)18(26)21(2)3/h5-7,11H,4,8-10,12-15H2,1-3H3/t19-/m1/s1. The molecule has 0 radical (unpaired) electrons. The summed E-state index contributed by atoms with van der Waals surface area (Å²) in [4.78, 5) is 37.1. The second-order valence-electron chi connectivity index (χ2n) is 7.76. The zero-order chi connectivity index (χ0) is 18.7. The van der Waals surface area contributed by atoms with Crippen molar-refractivity contribution >= 4 is 11.9 Å². The molecule has 0 unspecified atom stereocenters. The Bertz CT molecular complexity index is 651. The molecule has 3 amide bonds. The number of pyridine rings is 1. The number of carbonyl (C=O) groups excluding carboxylic acids is 2. The van der Waals surface area contributed by atoms with Gasteiger partial charge in [-0.15, -0.1) is 0 Å². The molecule has 142 valence electrons. The highest BCUT2D eigenvalue weighted by Crippen LogP contribution is 2.35. The molecule has 1 atom stereocenters. The van der Waals surface area contributed by atoms with E-state index < -0.39 is 0 Å². The predicted molar refractivity (Wildman–Crippen MR) is 99.5 cm³/mol. The summed E-state index contributed by atoms with van der Waals surface area (Å²) in [7, 11) is 3.57. The zero-order valence-electron chi connectivity index (χ0n) is 16.0. The van der Waals surface area contributed by atoms with Crippen LogP contribution in [0.1, 0.15) is 18.9 Å². The molecule has 7 heteroatoms. The van der Waals surface area contributed by atoms with E-state index in [1.54, 1.807) is 25.2 Å². The number of carbonyl (C=O) groups is 2. The number of aromatic nitrogens is 1. The Kier molecular flexibility index (Phi) is 5.46. The fraction of sp³-hybridized carbons (Fsp3) is 0.632. The van der Waals surface area contributed by atoms with E-state index in [0.717, 1.165) is 38.3 Å². The second-order valence-corrected chi connectivity index (χ2v) is 7.76. The Morgan fingerprint density at radius 1 is 1.27 bits per heavy atom. The molecule has 3 rings (SSSR count). The summed E-state index contributed by atoms with van der Waals surface area (Å²) in [5, 5.41) is 0. The average molecular weight is 359 g/mol. The molecule has 1 aromatic heterocycles. The maximum atomic E-state index is 12.6. The van der Waals surface area contributed by atoms with Gasteiger partial charge in [-0.1, -0.05) is 6.07 Å². The van der Waals surface area contributed by atoms with Gasteiger partial charge in [0.15, 0.2) is 0 Å². The van der Waals surface area contributed by atoms with E-state index in [9.17, 15) is 9.59 Å². The van der Waals surface area contributed by atoms with Crippen LogP contribution in [0.5, 0.6) is 0 Å². The number of urea groups is 1. The Balaban J connectivity index is 1.82. The number of hydrogen-bond donors (Lipinski definition) is 0. The highest BCUT2D eigenvalue weighted by Gasteiger charge is 2.46. The first kappa shape index (κ1) is 18.6. The first-order valence-corrected chi connectivity index (χ1v) is 9.28. The molecule has 3 heterocycles. The lowest BCUT2D eigenvalue weighted by Gasteiger charge is -2.34. The fourth-order valence-electron chi connectivity index (χ4n) is 4.16. The van der Waals surface area contributed by atoms with Gasteiger partial charge < -0.3 is 14.7 Å². The van der Waals surface area contributed by atoms with Crippen molar-refractivity contribution in [3.8, 4) is 0 Å². The van der Waals surface area contributed by atoms with E-state index in [-0.39, 0.29) is 17.4 Å². The second kappa shape index (κ2) is 7.61. The van der Waals surface area contributed by atoms with Gasteiger partial charge in [-0.25, -0.2) is 4.79 Å². The summed E-state index contributed by atoms with van der Waals surface area (Å²) in [6.07, 6.45) is 4.18. The Hall–Kier alpha value is -2.15. The van der Waals surface area contributed by atoms with Crippen molar-refractivity contribution < 1.29 is 9.59 Å². The van der Waals surface area contributed by atoms with Crippen LogP contribution < -0.4 is 0 Å². The molecule has 2 fully saturated rings. The van der Waals surface area contributed by atoms with E-state index in [4.69, 9.17) is 0 Å². The van der Waals surface area contributed by atoms with Crippen molar-refractivity contribution in [2.24, 2.45) is 5.41 Å². The topological polar surface area (TPSA) is 60.0 Å². The van der Waals surface area contributed by atoms with Crippen molar-refractivity contribution in [2.45, 2.75) is 19.9 Å². The number of hydrogen-bond acceptors (Lipinski definition) is 4. The lowest BCUT2D eigenvalue weighted by molar-refractivity contribution is -0.127. The van der Waals surface area contributed by atoms with Crippen LogP contribution in [-0.4, -0.2) is 89.9 Å². The molecular formula is C19H29N5O2. The van der Waals surface area contributed by atoms with Gasteiger partial charge in [0.1, 0.15) is 0 Å². The van der Waals surface area contributed by atoms with Crippen LogP contribution in [-0.2, 0) is 11.3 Å². The summed E-state index contributed by atoms with van der Waals surface area (Å²) in [5.74, 6) is 0.202. The normalized spacial score (nSPS) is 24.2. The van der Waals surface area contributed by atoms with Gasteiger partial charge in [0.25, 0.3) is 0 Å². The van der Waals surface area contributed by atoms with E-state index >= 15 is 0 Å². The summed E-state index contributed by atoms with van der Waals surface area (Å²) in [6, 6.07) is 4.05. The van der Waals surface area contributed by atoms with E-state index in [2.05, 4.69) is 16.0 Å². The molecule has 0 aromatic carbocycles. The van der Waals surface area contributed by atoms with Crippen LogP contribution in [0.15, 0.2) is 24.5 Å². The summed E-state index contributed by atoms with van der Waals surface area (Å²) < 4.78 is 0. The maximum Gasteiger partial charge on any atom is 0.319 e. The van der Waals surface area contributed by atoms with E-state index in [1.807, 2.05) is 29.0 Å². The molecular weight excluding hydrogens is 330 g/mol. The van der Waals surface area contributed by atoms with Crippen LogP contribution in [0.4, 0.5) is 4.79 Å². The molecule has 0 N–H and O–H groups in total. The molecule has 1 spiro atoms. The molecule has 0 saturated carbocycles. The Labute approximate surface area is 155 Å². The van der Waals surface area contributed by atoms with Gasteiger partial charge in [0, 0.05) is 84.1 Å². The van der Waals surface area contributed by atoms with Crippen LogP contribution in [0.3, 0.4) is 0 Å². The third-order valence-electron chi connectivity index (χ3n) is 5.34. The number of likely N-dealkylation sites (tertiary alicyclic amines) is 1. The smallest absolute Gasteiger partial charge is 0.319 e. The van der Waals surface area contributed by atoms with Gasteiger partial charge in [-0.3, -0.25) is 14.7 Å². The van der Waals surface area contributed by atoms with Crippen molar-refractivity contribution in [1.82, 2.24) is 24.6 Å². The lowest BCUT2D eigenvalue weighted by Crippen LogP contribution is -2.47. The minimum absolute atomic E-state index is 0.0231. The van der Waals surface area contributed by atoms with Crippen molar-refractivity contribution in [3.05, 3.63) is 30.1 Å². The minimum Gasteiger partial charge on any atom is -0.342 e. The largest absolute Gasteiger partial charge is 0.342 e. The molecule has 2 aliphatic heterocycles. The average Bonchev–Trinajstić information content (AvgIpc) is 2.82. The van der Waals surface area contributed by atoms with Gasteiger partial charge in [-0.05, 0) is 18.6 Å². The fourth-order valence-corrected chi connectivity index (χ4v) is 4.16. The highest BCUT2D eigenvalue weighted by molar-refractivity contribution is 5.80. The Morgan fingerprint density at radius 2 is 2.08 bits per heavy atom. The summed E-state index contributed by atoms with van der Waals surface area (Å²) in [6.45, 7) is 7.20. The van der Waals surface area contributed by atoms with Crippen LogP contribution in [0.2, 0.25) is 0 Å². The molecule has 7 nitrogen and oxygen atoms in total. The van der Waals surface area contributed by atoms with Crippen molar-refractivity contribution in [2.75, 3.05) is 53.4 Å². The number of rotatable bonds is 3. The van der Waals surface area contributed by atoms with E-state index in [1.165, 1.54) is 0 Å². The lowest BCUT2D eigenvalue weighted by atomic mass is 9.86. The first-order chi connectivity index (χ1) is 12.4. The molecule has 0 bridgehead atoms. The maximum absolute atomic E-state index is 12.6. The van der Waals surface area contributed by atoms with Gasteiger partial charge in [0.05, 0.1) is 0 Å². The highest BCUT2D eigenvalue weighted by atomic mass is 16.2. The quantitative estimate of drug-likeness (QED) is 0.811. The molecule has 0 aliphatic carbocycles. The summed E-state index contributed by atoms with van der Waals surface area (Å²) >= 11 is 0. The third kappa shape index (κ3) is 3.98. The van der Waals surface area contributed by atoms with Crippen LogP contribution >= 0.6 is 0 Å². The number of amides is 3. The van der Waals surface area contributed by atoms with Gasteiger partial charge in [0.2, 0.25) is 5.91 Å². The monoisotopic (exact) mass is 359 g/mol. The van der Waals surface area contributed by atoms with Crippen molar-refractivity contribution in [1.29, 1.82) is 0 Å². The first-order valence-electron chi connectivity index (χ1n) is 9.28. The molecule has 1 aromatic rings. The zero-order valence-corrected chi connectivity index (χ0v) is 16.0. The molecule has 2 saturated heterocycles. The molecule has 2 aliphatic rings. The minimum atomic E-state index is -0.197. The Morgan fingerprint density at radius 3 is 2.69 bits per heavy atom. The van der Waals surface area contributed by atoms with Crippen LogP contribution in [0.25, 0.3) is 0 Å². The van der Waals surface area contributed by atoms with Gasteiger partial charge >= 0.3 is 6.03 Å². The predicted octanol–water partition coefficient (Wildman–Crippen LogP) is 1.12. The summed E-state index contributed by atoms with van der Waals surface area (Å²) in [5.41, 5.74) is 0.962.